The number of amides is 1. The number of benzene rings is 1. The maximum atomic E-state index is 12.8. The number of alkyl halides is 3. The number of carbonyl (C=O) groups is 1. The number of aliphatic hydroxyl groups is 1. The fourth-order valence-electron chi connectivity index (χ4n) is 1.79. The molecule has 0 radical (unpaired) electrons. The van der Waals surface area contributed by atoms with Crippen LogP contribution in [0.3, 0.4) is 0 Å². The molecule has 0 atom stereocenters. The van der Waals surface area contributed by atoms with E-state index in [2.05, 4.69) is 0 Å². The van der Waals surface area contributed by atoms with Crippen LogP contribution >= 0.6 is 0 Å². The van der Waals surface area contributed by atoms with Gasteiger partial charge in [0.05, 0.1) is 17.7 Å². The van der Waals surface area contributed by atoms with E-state index in [0.717, 1.165) is 12.1 Å². The van der Waals surface area contributed by atoms with Crippen LogP contribution in [0.4, 0.5) is 13.2 Å². The molecule has 6 heteroatoms. The van der Waals surface area contributed by atoms with Crippen molar-refractivity contribution in [3.8, 4) is 0 Å². The molecule has 0 spiro atoms. The summed E-state index contributed by atoms with van der Waals surface area (Å²) >= 11 is 0. The Bertz CT molecular complexity index is 426. The highest BCUT2D eigenvalue weighted by Crippen LogP contribution is 2.32. The highest BCUT2D eigenvalue weighted by Gasteiger charge is 2.35. The molecule has 3 nitrogen and oxygen atoms in total. The third-order valence-corrected chi connectivity index (χ3v) is 2.61. The molecule has 106 valence electrons. The van der Waals surface area contributed by atoms with E-state index in [-0.39, 0.29) is 18.7 Å². The molecule has 0 aliphatic rings. The molecule has 0 unspecified atom stereocenters. The lowest BCUT2D eigenvalue weighted by Gasteiger charge is -2.23. The summed E-state index contributed by atoms with van der Waals surface area (Å²) in [6, 6.07) is 4.68. The first-order valence-electron chi connectivity index (χ1n) is 5.98. The molecule has 0 bridgehead atoms. The summed E-state index contributed by atoms with van der Waals surface area (Å²) in [5.74, 6) is -0.705. The monoisotopic (exact) mass is 275 g/mol. The summed E-state index contributed by atoms with van der Waals surface area (Å²) in [4.78, 5) is 13.3. The third kappa shape index (κ3) is 3.96. The Morgan fingerprint density at radius 3 is 2.42 bits per heavy atom. The summed E-state index contributed by atoms with van der Waals surface area (Å²) in [5, 5.41) is 8.87. The number of halogens is 3. The summed E-state index contributed by atoms with van der Waals surface area (Å²) in [6.07, 6.45) is -3.96. The van der Waals surface area contributed by atoms with E-state index >= 15 is 0 Å². The molecular weight excluding hydrogens is 259 g/mol. The van der Waals surface area contributed by atoms with Crippen molar-refractivity contribution in [1.82, 2.24) is 4.90 Å². The van der Waals surface area contributed by atoms with Crippen LogP contribution in [0, 0.1) is 0 Å². The number of rotatable bonds is 5. The SMILES string of the molecule is CCCN(CCO)C(=O)c1ccccc1C(F)(F)F. The van der Waals surface area contributed by atoms with Gasteiger partial charge < -0.3 is 10.0 Å². The van der Waals surface area contributed by atoms with Gasteiger partial charge >= 0.3 is 6.18 Å². The van der Waals surface area contributed by atoms with E-state index in [0.29, 0.717) is 13.0 Å². The van der Waals surface area contributed by atoms with E-state index in [9.17, 15) is 18.0 Å². The minimum atomic E-state index is -4.57. The molecule has 1 amide bonds. The van der Waals surface area contributed by atoms with Gasteiger partial charge in [0.2, 0.25) is 0 Å². The number of carbonyl (C=O) groups excluding carboxylic acids is 1. The van der Waals surface area contributed by atoms with Crippen molar-refractivity contribution in [1.29, 1.82) is 0 Å². The van der Waals surface area contributed by atoms with Gasteiger partial charge in [0.25, 0.3) is 5.91 Å². The summed E-state index contributed by atoms with van der Waals surface area (Å²) < 4.78 is 38.5. The number of hydrogen-bond acceptors (Lipinski definition) is 2. The van der Waals surface area contributed by atoms with Crippen LogP contribution in [-0.4, -0.2) is 35.6 Å². The van der Waals surface area contributed by atoms with Gasteiger partial charge in [-0.2, -0.15) is 13.2 Å². The summed E-state index contributed by atoms with van der Waals surface area (Å²) in [5.41, 5.74) is -1.32. The average molecular weight is 275 g/mol. The number of hydrogen-bond donors (Lipinski definition) is 1. The highest BCUT2D eigenvalue weighted by molar-refractivity contribution is 5.95. The van der Waals surface area contributed by atoms with Crippen LogP contribution in [0.2, 0.25) is 0 Å². The zero-order valence-corrected chi connectivity index (χ0v) is 10.6. The maximum absolute atomic E-state index is 12.8. The van der Waals surface area contributed by atoms with Crippen molar-refractivity contribution >= 4 is 5.91 Å². The maximum Gasteiger partial charge on any atom is 0.417 e. The van der Waals surface area contributed by atoms with E-state index in [4.69, 9.17) is 5.11 Å². The van der Waals surface area contributed by atoms with Crippen molar-refractivity contribution in [2.45, 2.75) is 19.5 Å². The van der Waals surface area contributed by atoms with Crippen LogP contribution in [0.15, 0.2) is 24.3 Å². The normalized spacial score (nSPS) is 11.4. The predicted molar refractivity (Wildman–Crippen MR) is 64.7 cm³/mol. The number of aliphatic hydroxyl groups excluding tert-OH is 1. The van der Waals surface area contributed by atoms with Crippen LogP contribution in [-0.2, 0) is 6.18 Å². The molecule has 1 aromatic rings. The second-order valence-electron chi connectivity index (χ2n) is 4.06. The lowest BCUT2D eigenvalue weighted by Crippen LogP contribution is -2.35. The Kier molecular flexibility index (Phi) is 5.35. The Morgan fingerprint density at radius 2 is 1.89 bits per heavy atom. The zero-order chi connectivity index (χ0) is 14.5. The van der Waals surface area contributed by atoms with Gasteiger partial charge in [-0.05, 0) is 18.6 Å². The van der Waals surface area contributed by atoms with Crippen molar-refractivity contribution < 1.29 is 23.1 Å². The fourth-order valence-corrected chi connectivity index (χ4v) is 1.79. The van der Waals surface area contributed by atoms with Gasteiger partial charge in [0.1, 0.15) is 0 Å². The molecular formula is C13H16F3NO2. The Balaban J connectivity index is 3.11. The van der Waals surface area contributed by atoms with Crippen LogP contribution in [0.5, 0.6) is 0 Å². The first-order valence-corrected chi connectivity index (χ1v) is 5.98. The highest BCUT2D eigenvalue weighted by atomic mass is 19.4. The quantitative estimate of drug-likeness (QED) is 0.897. The lowest BCUT2D eigenvalue weighted by atomic mass is 10.1. The summed E-state index contributed by atoms with van der Waals surface area (Å²) in [6.45, 7) is 1.87. The summed E-state index contributed by atoms with van der Waals surface area (Å²) in [7, 11) is 0. The van der Waals surface area contributed by atoms with E-state index in [1.807, 2.05) is 6.92 Å². The Labute approximate surface area is 109 Å². The van der Waals surface area contributed by atoms with Crippen molar-refractivity contribution in [2.24, 2.45) is 0 Å². The van der Waals surface area contributed by atoms with Crippen LogP contribution < -0.4 is 0 Å². The minimum Gasteiger partial charge on any atom is -0.395 e. The molecule has 0 heterocycles. The molecule has 1 aromatic carbocycles. The van der Waals surface area contributed by atoms with Gasteiger partial charge in [-0.3, -0.25) is 4.79 Å². The molecule has 0 aliphatic heterocycles. The lowest BCUT2D eigenvalue weighted by molar-refractivity contribution is -0.138. The van der Waals surface area contributed by atoms with Gasteiger partial charge in [-0.1, -0.05) is 19.1 Å². The van der Waals surface area contributed by atoms with Crippen molar-refractivity contribution in [3.05, 3.63) is 35.4 Å². The largest absolute Gasteiger partial charge is 0.417 e. The Morgan fingerprint density at radius 1 is 1.26 bits per heavy atom. The van der Waals surface area contributed by atoms with E-state index in [1.54, 1.807) is 0 Å². The molecule has 19 heavy (non-hydrogen) atoms. The predicted octanol–water partition coefficient (Wildman–Crippen LogP) is 2.55. The first-order chi connectivity index (χ1) is 8.91. The standard InChI is InChI=1S/C13H16F3NO2/c1-2-7-17(8-9-18)12(19)10-5-3-4-6-11(10)13(14,15)16/h3-6,18H,2,7-9H2,1H3. The second kappa shape index (κ2) is 6.56. The third-order valence-electron chi connectivity index (χ3n) is 2.61. The first kappa shape index (κ1) is 15.5. The zero-order valence-electron chi connectivity index (χ0n) is 10.6. The smallest absolute Gasteiger partial charge is 0.395 e. The fraction of sp³-hybridized carbons (Fsp3) is 0.462. The van der Waals surface area contributed by atoms with Gasteiger partial charge in [-0.15, -0.1) is 0 Å². The van der Waals surface area contributed by atoms with Crippen LogP contribution in [0.25, 0.3) is 0 Å². The molecule has 1 rings (SSSR count). The van der Waals surface area contributed by atoms with Gasteiger partial charge in [-0.25, -0.2) is 0 Å². The number of nitrogens with zero attached hydrogens (tertiary/aromatic N) is 1. The molecule has 0 fully saturated rings. The molecule has 0 aliphatic carbocycles. The van der Waals surface area contributed by atoms with Crippen LogP contribution in [0.1, 0.15) is 29.3 Å². The van der Waals surface area contributed by atoms with Gasteiger partial charge in [0.15, 0.2) is 0 Å². The molecule has 0 saturated carbocycles. The molecule has 0 saturated heterocycles. The molecule has 1 N–H and O–H groups in total. The average Bonchev–Trinajstić information content (AvgIpc) is 2.37. The van der Waals surface area contributed by atoms with Crippen molar-refractivity contribution in [2.75, 3.05) is 19.7 Å². The van der Waals surface area contributed by atoms with E-state index < -0.39 is 17.6 Å². The molecule has 0 aromatic heterocycles. The van der Waals surface area contributed by atoms with Gasteiger partial charge in [0, 0.05) is 13.1 Å². The van der Waals surface area contributed by atoms with Crippen molar-refractivity contribution in [3.63, 3.8) is 0 Å². The minimum absolute atomic E-state index is 0.0267. The second-order valence-corrected chi connectivity index (χ2v) is 4.06. The Hall–Kier alpha value is -1.56. The van der Waals surface area contributed by atoms with E-state index in [1.165, 1.54) is 17.0 Å². The topological polar surface area (TPSA) is 40.5 Å².